The highest BCUT2D eigenvalue weighted by Crippen LogP contribution is 2.18. The molecular formula is C25H33N3O3. The number of ether oxygens (including phenoxy) is 1. The van der Waals surface area contributed by atoms with Crippen LogP contribution in [0, 0.1) is 5.92 Å². The highest BCUT2D eigenvalue weighted by molar-refractivity contribution is 5.80. The number of likely N-dealkylation sites (tertiary alicyclic amines) is 1. The van der Waals surface area contributed by atoms with Crippen molar-refractivity contribution in [2.24, 2.45) is 5.92 Å². The van der Waals surface area contributed by atoms with E-state index in [1.165, 1.54) is 5.56 Å². The zero-order valence-corrected chi connectivity index (χ0v) is 18.5. The van der Waals surface area contributed by atoms with E-state index >= 15 is 0 Å². The van der Waals surface area contributed by atoms with Crippen LogP contribution in [0.4, 0.5) is 0 Å². The van der Waals surface area contributed by atoms with Crippen LogP contribution in [0.3, 0.4) is 0 Å². The number of hydrogen-bond acceptors (Lipinski definition) is 4. The molecule has 1 aliphatic rings. The van der Waals surface area contributed by atoms with Crippen LogP contribution in [0.1, 0.15) is 30.9 Å². The predicted octanol–water partition coefficient (Wildman–Crippen LogP) is 3.07. The molecule has 0 aromatic heterocycles. The van der Waals surface area contributed by atoms with Gasteiger partial charge in [-0.3, -0.25) is 9.59 Å². The molecule has 0 atom stereocenters. The van der Waals surface area contributed by atoms with Crippen LogP contribution in [0.2, 0.25) is 0 Å². The summed E-state index contributed by atoms with van der Waals surface area (Å²) in [6.07, 6.45) is 1.37. The molecule has 1 aliphatic heterocycles. The molecule has 166 valence electrons. The summed E-state index contributed by atoms with van der Waals surface area (Å²) < 4.78 is 5.55. The smallest absolute Gasteiger partial charge is 0.260 e. The Hall–Kier alpha value is -2.86. The van der Waals surface area contributed by atoms with Crippen molar-refractivity contribution < 1.29 is 14.3 Å². The van der Waals surface area contributed by atoms with Crippen LogP contribution >= 0.6 is 0 Å². The summed E-state index contributed by atoms with van der Waals surface area (Å²) in [6.45, 7) is 5.79. The van der Waals surface area contributed by atoms with E-state index < -0.39 is 0 Å². The molecule has 0 radical (unpaired) electrons. The first-order valence-electron chi connectivity index (χ1n) is 11.0. The second kappa shape index (κ2) is 11.5. The first-order chi connectivity index (χ1) is 15.0. The fourth-order valence-corrected chi connectivity index (χ4v) is 3.74. The van der Waals surface area contributed by atoms with E-state index in [9.17, 15) is 9.59 Å². The number of nitrogens with one attached hydrogen (secondary N) is 1. The maximum absolute atomic E-state index is 12.6. The van der Waals surface area contributed by atoms with Crippen LogP contribution in [-0.2, 0) is 22.7 Å². The van der Waals surface area contributed by atoms with Crippen molar-refractivity contribution in [1.29, 1.82) is 0 Å². The van der Waals surface area contributed by atoms with Crippen molar-refractivity contribution in [3.8, 4) is 5.75 Å². The lowest BCUT2D eigenvalue weighted by molar-refractivity contribution is -0.137. The molecule has 2 aromatic carbocycles. The molecule has 2 aromatic rings. The lowest BCUT2D eigenvalue weighted by Crippen LogP contribution is -2.44. The van der Waals surface area contributed by atoms with E-state index in [1.807, 2.05) is 42.5 Å². The first kappa shape index (κ1) is 22.8. The van der Waals surface area contributed by atoms with Crippen molar-refractivity contribution in [3.63, 3.8) is 0 Å². The number of nitrogens with zero attached hydrogens (tertiary/aromatic N) is 2. The molecule has 1 fully saturated rings. The van der Waals surface area contributed by atoms with Crippen molar-refractivity contribution in [1.82, 2.24) is 15.1 Å². The number of amides is 2. The Morgan fingerprint density at radius 2 is 1.77 bits per heavy atom. The van der Waals surface area contributed by atoms with Gasteiger partial charge in [0.05, 0.1) is 0 Å². The van der Waals surface area contributed by atoms with Crippen molar-refractivity contribution >= 4 is 11.8 Å². The largest absolute Gasteiger partial charge is 0.484 e. The normalized spacial score (nSPS) is 14.5. The number of carbonyl (C=O) groups excluding carboxylic acids is 2. The Kier molecular flexibility index (Phi) is 8.47. The molecule has 1 saturated heterocycles. The first-order valence-corrected chi connectivity index (χ1v) is 11.0. The van der Waals surface area contributed by atoms with E-state index in [0.717, 1.165) is 18.7 Å². The number of benzene rings is 2. The van der Waals surface area contributed by atoms with Gasteiger partial charge in [-0.2, -0.15) is 0 Å². The topological polar surface area (TPSA) is 61.9 Å². The van der Waals surface area contributed by atoms with Gasteiger partial charge in [-0.05, 0) is 49.7 Å². The molecule has 0 saturated carbocycles. The predicted molar refractivity (Wildman–Crippen MR) is 122 cm³/mol. The van der Waals surface area contributed by atoms with Gasteiger partial charge >= 0.3 is 0 Å². The third kappa shape index (κ3) is 7.10. The lowest BCUT2D eigenvalue weighted by Gasteiger charge is -2.31. The van der Waals surface area contributed by atoms with Crippen LogP contribution in [0.25, 0.3) is 0 Å². The van der Waals surface area contributed by atoms with Crippen LogP contribution in [-0.4, -0.2) is 54.9 Å². The number of hydrogen-bond donors (Lipinski definition) is 1. The minimum absolute atomic E-state index is 0.0310. The third-order valence-electron chi connectivity index (χ3n) is 5.77. The minimum atomic E-state index is -0.0477. The molecule has 0 aliphatic carbocycles. The van der Waals surface area contributed by atoms with Gasteiger partial charge in [0, 0.05) is 32.1 Å². The van der Waals surface area contributed by atoms with Crippen molar-refractivity contribution in [3.05, 3.63) is 65.7 Å². The average Bonchev–Trinajstić information content (AvgIpc) is 2.82. The second-order valence-corrected chi connectivity index (χ2v) is 8.12. The number of rotatable bonds is 9. The fraction of sp³-hybridized carbons (Fsp3) is 0.440. The van der Waals surface area contributed by atoms with Gasteiger partial charge in [0.2, 0.25) is 5.91 Å². The highest BCUT2D eigenvalue weighted by atomic mass is 16.5. The Bertz CT molecular complexity index is 848. The SMILES string of the molecule is CCN(C)Cc1cccc(CNC(=O)C2CCN(C(=O)COc3ccccc3)CC2)c1. The summed E-state index contributed by atoms with van der Waals surface area (Å²) in [5.41, 5.74) is 2.36. The maximum Gasteiger partial charge on any atom is 0.260 e. The summed E-state index contributed by atoms with van der Waals surface area (Å²) >= 11 is 0. The Morgan fingerprint density at radius 1 is 1.06 bits per heavy atom. The standard InChI is InChI=1S/C25H33N3O3/c1-3-27(2)18-21-9-7-8-20(16-21)17-26-25(30)22-12-14-28(15-13-22)24(29)19-31-23-10-5-4-6-11-23/h4-11,16,22H,3,12-15,17-19H2,1-2H3,(H,26,30). The molecule has 3 rings (SSSR count). The maximum atomic E-state index is 12.6. The quantitative estimate of drug-likeness (QED) is 0.673. The summed E-state index contributed by atoms with van der Waals surface area (Å²) in [5.74, 6) is 0.685. The van der Waals surface area contributed by atoms with Crippen LogP contribution in [0.15, 0.2) is 54.6 Å². The van der Waals surface area contributed by atoms with E-state index in [1.54, 1.807) is 4.90 Å². The second-order valence-electron chi connectivity index (χ2n) is 8.12. The van der Waals surface area contributed by atoms with Gasteiger partial charge in [-0.1, -0.05) is 49.4 Å². The summed E-state index contributed by atoms with van der Waals surface area (Å²) in [6, 6.07) is 17.7. The van der Waals surface area contributed by atoms with E-state index in [-0.39, 0.29) is 24.3 Å². The zero-order valence-electron chi connectivity index (χ0n) is 18.5. The molecule has 0 spiro atoms. The monoisotopic (exact) mass is 423 g/mol. The van der Waals surface area contributed by atoms with E-state index in [4.69, 9.17) is 4.74 Å². The van der Waals surface area contributed by atoms with Crippen molar-refractivity contribution in [2.75, 3.05) is 33.3 Å². The molecule has 1 N–H and O–H groups in total. The van der Waals surface area contributed by atoms with Gasteiger partial charge in [-0.25, -0.2) is 0 Å². The van der Waals surface area contributed by atoms with Gasteiger partial charge in [0.15, 0.2) is 6.61 Å². The Labute approximate surface area is 185 Å². The molecule has 6 heteroatoms. The lowest BCUT2D eigenvalue weighted by atomic mass is 9.95. The molecule has 31 heavy (non-hydrogen) atoms. The Morgan fingerprint density at radius 3 is 2.48 bits per heavy atom. The summed E-state index contributed by atoms with van der Waals surface area (Å²) in [7, 11) is 2.10. The Balaban J connectivity index is 1.40. The van der Waals surface area contributed by atoms with Gasteiger partial charge in [-0.15, -0.1) is 0 Å². The molecule has 2 amide bonds. The third-order valence-corrected chi connectivity index (χ3v) is 5.77. The molecular weight excluding hydrogens is 390 g/mol. The molecule has 1 heterocycles. The van der Waals surface area contributed by atoms with E-state index in [0.29, 0.717) is 38.2 Å². The number of para-hydroxylation sites is 1. The number of carbonyl (C=O) groups is 2. The minimum Gasteiger partial charge on any atom is -0.484 e. The fourth-order valence-electron chi connectivity index (χ4n) is 3.74. The number of piperidine rings is 1. The molecule has 0 bridgehead atoms. The summed E-state index contributed by atoms with van der Waals surface area (Å²) in [4.78, 5) is 29.0. The summed E-state index contributed by atoms with van der Waals surface area (Å²) in [5, 5.41) is 3.07. The van der Waals surface area contributed by atoms with Crippen molar-refractivity contribution in [2.45, 2.75) is 32.9 Å². The average molecular weight is 424 g/mol. The van der Waals surface area contributed by atoms with Crippen LogP contribution < -0.4 is 10.1 Å². The molecule has 0 unspecified atom stereocenters. The molecule has 6 nitrogen and oxygen atoms in total. The zero-order chi connectivity index (χ0) is 22.1. The highest BCUT2D eigenvalue weighted by Gasteiger charge is 2.27. The van der Waals surface area contributed by atoms with Gasteiger partial charge in [0.25, 0.3) is 5.91 Å². The van der Waals surface area contributed by atoms with Gasteiger partial charge < -0.3 is 19.9 Å². The van der Waals surface area contributed by atoms with Gasteiger partial charge in [0.1, 0.15) is 5.75 Å². The van der Waals surface area contributed by atoms with E-state index in [2.05, 4.69) is 36.3 Å². The van der Waals surface area contributed by atoms with Crippen LogP contribution in [0.5, 0.6) is 5.75 Å².